The monoisotopic (exact) mass is 313 g/mol. The molecule has 2 aromatic heterocycles. The molecular formula is C11H15N5O4S. The van der Waals surface area contributed by atoms with Crippen LogP contribution in [0.4, 0.5) is 5.95 Å². The number of anilines is 1. The molecule has 0 saturated carbocycles. The first-order valence-corrected chi connectivity index (χ1v) is 7.55. The summed E-state index contributed by atoms with van der Waals surface area (Å²) in [5.41, 5.74) is 5.55. The average Bonchev–Trinajstić information content (AvgIpc) is 2.99. The molecule has 0 aromatic carbocycles. The van der Waals surface area contributed by atoms with E-state index in [1.54, 1.807) is 4.57 Å². The Morgan fingerprint density at radius 3 is 3.05 bits per heavy atom. The summed E-state index contributed by atoms with van der Waals surface area (Å²) >= 11 is 1.40. The highest BCUT2D eigenvalue weighted by molar-refractivity contribution is 7.99. The van der Waals surface area contributed by atoms with E-state index < -0.39 is 24.0 Å². The number of aromatic amines is 1. The Labute approximate surface area is 123 Å². The molecular weight excluding hydrogens is 298 g/mol. The zero-order valence-electron chi connectivity index (χ0n) is 11.1. The molecule has 5 N–H and O–H groups in total. The topological polar surface area (TPSA) is 139 Å². The van der Waals surface area contributed by atoms with Gasteiger partial charge in [0.05, 0.1) is 24.3 Å². The van der Waals surface area contributed by atoms with Crippen LogP contribution in [0.25, 0.3) is 11.2 Å². The SMILES string of the molecule is CSC1C(O)C(CO)OC1n1cnc2c(=O)[nH]c(N)nc21. The Morgan fingerprint density at radius 2 is 2.38 bits per heavy atom. The lowest BCUT2D eigenvalue weighted by Crippen LogP contribution is -2.31. The summed E-state index contributed by atoms with van der Waals surface area (Å²) in [7, 11) is 0. The molecule has 3 rings (SSSR count). The largest absolute Gasteiger partial charge is 0.394 e. The van der Waals surface area contributed by atoms with Crippen LogP contribution in [-0.2, 0) is 4.74 Å². The first-order valence-electron chi connectivity index (χ1n) is 6.26. The zero-order valence-corrected chi connectivity index (χ0v) is 11.9. The maximum absolute atomic E-state index is 11.8. The zero-order chi connectivity index (χ0) is 15.1. The van der Waals surface area contributed by atoms with Gasteiger partial charge >= 0.3 is 0 Å². The van der Waals surface area contributed by atoms with E-state index in [1.807, 2.05) is 6.26 Å². The minimum atomic E-state index is -0.827. The second-order valence-electron chi connectivity index (χ2n) is 4.71. The Hall–Kier alpha value is -1.62. The van der Waals surface area contributed by atoms with E-state index in [0.717, 1.165) is 0 Å². The van der Waals surface area contributed by atoms with Gasteiger partial charge in [-0.25, -0.2) is 4.98 Å². The number of imidazole rings is 1. The van der Waals surface area contributed by atoms with Crippen molar-refractivity contribution in [3.05, 3.63) is 16.7 Å². The number of thioether (sulfide) groups is 1. The molecule has 4 unspecified atom stereocenters. The molecule has 0 amide bonds. The van der Waals surface area contributed by atoms with Gasteiger partial charge in [-0.05, 0) is 6.26 Å². The minimum Gasteiger partial charge on any atom is -0.394 e. The van der Waals surface area contributed by atoms with Gasteiger partial charge in [-0.15, -0.1) is 0 Å². The Bertz CT molecular complexity index is 716. The van der Waals surface area contributed by atoms with E-state index in [2.05, 4.69) is 15.0 Å². The number of aromatic nitrogens is 4. The van der Waals surface area contributed by atoms with Gasteiger partial charge in [0, 0.05) is 0 Å². The number of aliphatic hydroxyl groups is 2. The number of nitrogens with zero attached hydrogens (tertiary/aromatic N) is 3. The van der Waals surface area contributed by atoms with Crippen molar-refractivity contribution >= 4 is 28.9 Å². The third-order valence-electron chi connectivity index (χ3n) is 3.49. The number of fused-ring (bicyclic) bond motifs is 1. The van der Waals surface area contributed by atoms with E-state index in [0.29, 0.717) is 0 Å². The van der Waals surface area contributed by atoms with Crippen molar-refractivity contribution in [3.63, 3.8) is 0 Å². The van der Waals surface area contributed by atoms with Gasteiger partial charge < -0.3 is 20.7 Å². The lowest BCUT2D eigenvalue weighted by Gasteiger charge is -2.19. The fourth-order valence-electron chi connectivity index (χ4n) is 2.48. The van der Waals surface area contributed by atoms with Crippen LogP contribution < -0.4 is 11.3 Å². The normalized spacial score (nSPS) is 29.3. The number of hydrogen-bond acceptors (Lipinski definition) is 8. The molecule has 21 heavy (non-hydrogen) atoms. The van der Waals surface area contributed by atoms with Crippen LogP contribution in [0.2, 0.25) is 0 Å². The smallest absolute Gasteiger partial charge is 0.280 e. The molecule has 1 aliphatic heterocycles. The third kappa shape index (κ3) is 2.20. The average molecular weight is 313 g/mol. The standard InChI is InChI=1S/C11H15N5O4S/c1-21-7-6(18)4(2-17)20-10(7)16-3-13-5-8(16)14-11(12)15-9(5)19/h3-4,6-7,10,17-18H,2H2,1H3,(H3,12,14,15,19). The molecule has 1 saturated heterocycles. The van der Waals surface area contributed by atoms with Crippen LogP contribution in [0.5, 0.6) is 0 Å². The lowest BCUT2D eigenvalue weighted by molar-refractivity contribution is -0.0430. The molecule has 1 aliphatic rings. The molecule has 9 nitrogen and oxygen atoms in total. The first-order chi connectivity index (χ1) is 10.1. The number of H-pyrrole nitrogens is 1. The van der Waals surface area contributed by atoms with Crippen LogP contribution in [-0.4, -0.2) is 60.1 Å². The second-order valence-corrected chi connectivity index (χ2v) is 5.73. The summed E-state index contributed by atoms with van der Waals surface area (Å²) in [6, 6.07) is 0. The van der Waals surface area contributed by atoms with E-state index >= 15 is 0 Å². The number of hydrogen-bond donors (Lipinski definition) is 4. The lowest BCUT2D eigenvalue weighted by atomic mass is 10.2. The van der Waals surface area contributed by atoms with Crippen molar-refractivity contribution < 1.29 is 14.9 Å². The predicted molar refractivity (Wildman–Crippen MR) is 76.9 cm³/mol. The third-order valence-corrected chi connectivity index (χ3v) is 4.55. The van der Waals surface area contributed by atoms with Crippen LogP contribution in [0.3, 0.4) is 0 Å². The highest BCUT2D eigenvalue weighted by atomic mass is 32.2. The van der Waals surface area contributed by atoms with Gasteiger partial charge in [0.25, 0.3) is 5.56 Å². The van der Waals surface area contributed by atoms with Crippen LogP contribution in [0.1, 0.15) is 6.23 Å². The molecule has 4 atom stereocenters. The Balaban J connectivity index is 2.10. The Morgan fingerprint density at radius 1 is 1.62 bits per heavy atom. The molecule has 0 bridgehead atoms. The molecule has 2 aromatic rings. The summed E-state index contributed by atoms with van der Waals surface area (Å²) in [5.74, 6) is -0.0211. The van der Waals surface area contributed by atoms with Crippen LogP contribution >= 0.6 is 11.8 Å². The van der Waals surface area contributed by atoms with Gasteiger partial charge in [0.15, 0.2) is 17.4 Å². The van der Waals surface area contributed by atoms with Crippen molar-refractivity contribution in [2.45, 2.75) is 23.7 Å². The summed E-state index contributed by atoms with van der Waals surface area (Å²) in [5, 5.41) is 19.1. The molecule has 0 aliphatic carbocycles. The quantitative estimate of drug-likeness (QED) is 0.547. The number of nitrogens with two attached hydrogens (primary N) is 1. The summed E-state index contributed by atoms with van der Waals surface area (Å²) in [4.78, 5) is 22.2. The van der Waals surface area contributed by atoms with E-state index in [1.165, 1.54) is 18.1 Å². The van der Waals surface area contributed by atoms with Crippen molar-refractivity contribution in [2.75, 3.05) is 18.6 Å². The van der Waals surface area contributed by atoms with Gasteiger partial charge in [0.2, 0.25) is 5.95 Å². The maximum atomic E-state index is 11.8. The van der Waals surface area contributed by atoms with Crippen molar-refractivity contribution in [2.24, 2.45) is 0 Å². The van der Waals surface area contributed by atoms with Crippen molar-refractivity contribution in [3.8, 4) is 0 Å². The number of nitrogen functional groups attached to an aromatic ring is 1. The maximum Gasteiger partial charge on any atom is 0.280 e. The highest BCUT2D eigenvalue weighted by Crippen LogP contribution is 2.37. The van der Waals surface area contributed by atoms with Gasteiger partial charge in [-0.2, -0.15) is 16.7 Å². The van der Waals surface area contributed by atoms with Crippen molar-refractivity contribution in [1.82, 2.24) is 19.5 Å². The fourth-order valence-corrected chi connectivity index (χ4v) is 3.36. The minimum absolute atomic E-state index is 0.0211. The predicted octanol–water partition coefficient (Wildman–Crippen LogP) is -1.32. The molecule has 0 radical (unpaired) electrons. The van der Waals surface area contributed by atoms with Gasteiger partial charge in [-0.3, -0.25) is 14.3 Å². The molecule has 3 heterocycles. The molecule has 1 fully saturated rings. The Kier molecular flexibility index (Phi) is 3.61. The molecule has 114 valence electrons. The summed E-state index contributed by atoms with van der Waals surface area (Å²) in [6.45, 7) is -0.294. The summed E-state index contributed by atoms with van der Waals surface area (Å²) in [6.07, 6.45) is 1.15. The molecule has 0 spiro atoms. The van der Waals surface area contributed by atoms with Gasteiger partial charge in [-0.1, -0.05) is 0 Å². The highest BCUT2D eigenvalue weighted by Gasteiger charge is 2.44. The first kappa shape index (κ1) is 14.3. The van der Waals surface area contributed by atoms with Gasteiger partial charge in [0.1, 0.15) is 6.10 Å². The number of ether oxygens (including phenoxy) is 1. The summed E-state index contributed by atoms with van der Waals surface area (Å²) < 4.78 is 7.22. The molecule has 10 heteroatoms. The van der Waals surface area contributed by atoms with Crippen LogP contribution in [0, 0.1) is 0 Å². The number of rotatable bonds is 3. The number of nitrogens with one attached hydrogen (secondary N) is 1. The number of aliphatic hydroxyl groups excluding tert-OH is 2. The van der Waals surface area contributed by atoms with Crippen LogP contribution in [0.15, 0.2) is 11.1 Å². The fraction of sp³-hybridized carbons (Fsp3) is 0.545. The van der Waals surface area contributed by atoms with E-state index in [-0.39, 0.29) is 29.0 Å². The van der Waals surface area contributed by atoms with Crippen molar-refractivity contribution in [1.29, 1.82) is 0 Å². The second kappa shape index (κ2) is 5.30. The van der Waals surface area contributed by atoms with E-state index in [4.69, 9.17) is 10.5 Å². The van der Waals surface area contributed by atoms with E-state index in [9.17, 15) is 15.0 Å².